The summed E-state index contributed by atoms with van der Waals surface area (Å²) in [6.07, 6.45) is -4.31. The summed E-state index contributed by atoms with van der Waals surface area (Å²) in [6.45, 7) is 0.886. The van der Waals surface area contributed by atoms with Gasteiger partial charge in [-0.05, 0) is 30.9 Å². The maximum atomic E-state index is 13.6. The highest BCUT2D eigenvalue weighted by Crippen LogP contribution is 2.53. The SMILES string of the molecule is [2H]c1c([2H])c(O)c2c(c1[2H])[C@@](C)(O)C1([2H])CC3C([2H])([2H])C(=O)C(C(N)=O)C(=O)C3([2H])C(=O)C1C2=O. The third kappa shape index (κ3) is 2.24. The van der Waals surface area contributed by atoms with Gasteiger partial charge >= 0.3 is 0 Å². The van der Waals surface area contributed by atoms with E-state index in [0.717, 1.165) is 6.92 Å². The Bertz CT molecular complexity index is 1300. The van der Waals surface area contributed by atoms with Crippen molar-refractivity contribution in [1.82, 2.24) is 0 Å². The molecule has 6 atom stereocenters. The van der Waals surface area contributed by atoms with E-state index in [4.69, 9.17) is 15.3 Å². The molecule has 8 heteroatoms. The van der Waals surface area contributed by atoms with Crippen LogP contribution in [0.15, 0.2) is 18.1 Å². The minimum absolute atomic E-state index is 0.749. The number of amides is 1. The van der Waals surface area contributed by atoms with Crippen LogP contribution in [0.4, 0.5) is 0 Å². The summed E-state index contributed by atoms with van der Waals surface area (Å²) in [4.78, 5) is 64.7. The van der Waals surface area contributed by atoms with E-state index in [1.54, 1.807) is 0 Å². The summed E-state index contributed by atoms with van der Waals surface area (Å²) < 4.78 is 57.9. The van der Waals surface area contributed by atoms with Crippen molar-refractivity contribution in [1.29, 1.82) is 0 Å². The highest BCUT2D eigenvalue weighted by molar-refractivity contribution is 6.27. The minimum Gasteiger partial charge on any atom is -0.507 e. The highest BCUT2D eigenvalue weighted by Gasteiger charge is 2.61. The van der Waals surface area contributed by atoms with E-state index in [-0.39, 0.29) is 0 Å². The summed E-state index contributed by atoms with van der Waals surface area (Å²) in [5.74, 6) is -22.2. The van der Waals surface area contributed by atoms with Crippen molar-refractivity contribution in [2.24, 2.45) is 35.3 Å². The van der Waals surface area contributed by atoms with Crippen LogP contribution in [0.2, 0.25) is 0 Å². The van der Waals surface area contributed by atoms with Crippen LogP contribution < -0.4 is 5.73 Å². The number of ketones is 4. The molecule has 0 saturated heterocycles. The molecule has 4 rings (SSSR count). The lowest BCUT2D eigenvalue weighted by Crippen LogP contribution is -2.60. The number of Topliss-reactive ketones (excluding diaryl/α,β-unsaturated/α-hetero) is 4. The molecule has 4 N–H and O–H groups in total. The summed E-state index contributed by atoms with van der Waals surface area (Å²) in [5.41, 5.74) is 0.699. The van der Waals surface area contributed by atoms with Crippen molar-refractivity contribution >= 4 is 29.0 Å². The third-order valence-corrected chi connectivity index (χ3v) is 5.52. The molecule has 0 aliphatic heterocycles. The molecular formula is C20H19NO7. The van der Waals surface area contributed by atoms with Crippen molar-refractivity contribution < 1.29 is 43.8 Å². The Balaban J connectivity index is 2.07. The van der Waals surface area contributed by atoms with E-state index in [1.807, 2.05) is 0 Å². The molecule has 0 bridgehead atoms. The average Bonchev–Trinajstić information content (AvgIpc) is 2.74. The molecule has 0 spiro atoms. The number of hydrogen-bond donors (Lipinski definition) is 3. The number of phenolic OH excluding ortho intramolecular Hbond substituents is 1. The van der Waals surface area contributed by atoms with Crippen molar-refractivity contribution in [2.75, 3.05) is 0 Å². The van der Waals surface area contributed by atoms with Crippen molar-refractivity contribution in [3.63, 3.8) is 0 Å². The smallest absolute Gasteiger partial charge is 0.235 e. The van der Waals surface area contributed by atoms with E-state index in [2.05, 4.69) is 0 Å². The van der Waals surface area contributed by atoms with Crippen LogP contribution in [-0.2, 0) is 24.8 Å². The van der Waals surface area contributed by atoms with Crippen LogP contribution in [0.5, 0.6) is 5.75 Å². The number of rotatable bonds is 1. The summed E-state index contributed by atoms with van der Waals surface area (Å²) in [5, 5.41) is 21.9. The second-order valence-electron chi connectivity index (χ2n) is 7.11. The fraction of sp³-hybridized carbons (Fsp3) is 0.450. The average molecular weight is 392 g/mol. The lowest BCUT2D eigenvalue weighted by atomic mass is 9.52. The maximum absolute atomic E-state index is 13.6. The predicted molar refractivity (Wildman–Crippen MR) is 92.9 cm³/mol. The Hall–Kier alpha value is -2.87. The number of fused-ring (bicyclic) bond motifs is 3. The summed E-state index contributed by atoms with van der Waals surface area (Å²) >= 11 is 0. The molecule has 0 aromatic heterocycles. The van der Waals surface area contributed by atoms with Crippen LogP contribution in [0.3, 0.4) is 0 Å². The lowest BCUT2D eigenvalue weighted by molar-refractivity contribution is -0.157. The Morgan fingerprint density at radius 1 is 1.32 bits per heavy atom. The molecular weight excluding hydrogens is 366 g/mol. The van der Waals surface area contributed by atoms with Gasteiger partial charge < -0.3 is 15.9 Å². The minimum atomic E-state index is -3.22. The van der Waals surface area contributed by atoms with E-state index in [1.165, 1.54) is 0 Å². The van der Waals surface area contributed by atoms with Gasteiger partial charge in [0.05, 0.1) is 27.1 Å². The normalized spacial score (nSPS) is 47.8. The molecule has 1 aromatic carbocycles. The van der Waals surface area contributed by atoms with Gasteiger partial charge in [-0.3, -0.25) is 24.0 Å². The molecule has 0 radical (unpaired) electrons. The Morgan fingerprint density at radius 3 is 2.64 bits per heavy atom. The van der Waals surface area contributed by atoms with Gasteiger partial charge in [0.25, 0.3) is 0 Å². The van der Waals surface area contributed by atoms with Crippen LogP contribution in [0.25, 0.3) is 0 Å². The molecule has 2 saturated carbocycles. The summed E-state index contributed by atoms with van der Waals surface area (Å²) in [7, 11) is 0. The van der Waals surface area contributed by atoms with E-state index in [9.17, 15) is 34.2 Å². The number of benzene rings is 1. The van der Waals surface area contributed by atoms with Gasteiger partial charge in [0.2, 0.25) is 5.91 Å². The number of hydrogen-bond acceptors (Lipinski definition) is 7. The first-order valence-electron chi connectivity index (χ1n) is 11.8. The predicted octanol–water partition coefficient (Wildman–Crippen LogP) is -0.123. The topological polar surface area (TPSA) is 152 Å². The number of aromatic hydroxyl groups is 1. The molecule has 1 aromatic rings. The molecule has 0 heterocycles. The number of aliphatic hydroxyl groups is 1. The second kappa shape index (κ2) is 5.81. The van der Waals surface area contributed by atoms with Gasteiger partial charge in [-0.25, -0.2) is 0 Å². The quantitative estimate of drug-likeness (QED) is 0.563. The van der Waals surface area contributed by atoms with Crippen LogP contribution >= 0.6 is 0 Å². The van der Waals surface area contributed by atoms with Crippen molar-refractivity contribution in [2.45, 2.75) is 25.3 Å². The molecule has 2 fully saturated rings. The van der Waals surface area contributed by atoms with E-state index in [0.29, 0.717) is 0 Å². The van der Waals surface area contributed by atoms with E-state index >= 15 is 0 Å². The van der Waals surface area contributed by atoms with Crippen LogP contribution in [0.1, 0.15) is 45.2 Å². The number of phenols is 1. The zero-order chi connectivity index (χ0) is 26.8. The molecule has 1 amide bonds. The lowest BCUT2D eigenvalue weighted by Gasteiger charge is -2.49. The molecule has 5 unspecified atom stereocenters. The van der Waals surface area contributed by atoms with Crippen LogP contribution in [-0.4, -0.2) is 39.3 Å². The van der Waals surface area contributed by atoms with Crippen molar-refractivity contribution in [3.8, 4) is 5.75 Å². The van der Waals surface area contributed by atoms with Crippen molar-refractivity contribution in [3.05, 3.63) is 29.3 Å². The van der Waals surface area contributed by atoms with Gasteiger partial charge in [-0.15, -0.1) is 0 Å². The Kier molecular flexibility index (Phi) is 2.46. The number of carbonyl (C=O) groups excluding carboxylic acids is 5. The first-order chi connectivity index (χ1) is 15.8. The largest absolute Gasteiger partial charge is 0.507 e. The fourth-order valence-electron chi connectivity index (χ4n) is 4.19. The third-order valence-electron chi connectivity index (χ3n) is 5.52. The molecule has 146 valence electrons. The van der Waals surface area contributed by atoms with Crippen LogP contribution in [0, 0.1) is 29.5 Å². The zero-order valence-electron chi connectivity index (χ0n) is 21.5. The first-order valence-corrected chi connectivity index (χ1v) is 8.33. The van der Waals surface area contributed by atoms with Gasteiger partial charge in [-0.2, -0.15) is 0 Å². The van der Waals surface area contributed by atoms with Gasteiger partial charge in [-0.1, -0.05) is 12.1 Å². The Morgan fingerprint density at radius 2 is 2.00 bits per heavy atom. The molecule has 3 aliphatic rings. The fourth-order valence-corrected chi connectivity index (χ4v) is 4.19. The van der Waals surface area contributed by atoms with E-state index < -0.39 is 112 Å². The maximum Gasteiger partial charge on any atom is 0.235 e. The standard InChI is InChI=1S/C20H19NO7/c1-20(28)8-3-2-4-10(22)13(8)18(26)14-9(20)5-7-6-11(23)15(19(21)27)17(25)12(7)16(14)24/h2-4,7,9,12,14-15,22,28H,5-6H2,1H3,(H2,21,27)/t7?,9?,12?,14?,15?,20-/m1/s1/i2D,3D,4D,6D2,9D,12D. The van der Waals surface area contributed by atoms with Gasteiger partial charge in [0.15, 0.2) is 29.1 Å². The van der Waals surface area contributed by atoms with Gasteiger partial charge in [0, 0.05) is 17.7 Å². The summed E-state index contributed by atoms with van der Waals surface area (Å²) in [6, 6.07) is -2.76. The molecule has 28 heavy (non-hydrogen) atoms. The second-order valence-corrected chi connectivity index (χ2v) is 7.11. The number of carbonyl (C=O) groups is 5. The van der Waals surface area contributed by atoms with Gasteiger partial charge in [0.1, 0.15) is 5.75 Å². The first kappa shape index (κ1) is 11.9. The molecule has 8 nitrogen and oxygen atoms in total. The molecule has 3 aliphatic carbocycles. The zero-order valence-corrected chi connectivity index (χ0v) is 14.5. The number of primary amides is 1. The monoisotopic (exact) mass is 392 g/mol. The number of nitrogens with two attached hydrogens (primary N) is 1. The highest BCUT2D eigenvalue weighted by atomic mass is 16.3. The Labute approximate surface area is 169 Å².